The topological polar surface area (TPSA) is 46.4 Å². The zero-order valence-corrected chi connectivity index (χ0v) is 18.6. The van der Waals surface area contributed by atoms with E-state index in [2.05, 4.69) is 47.7 Å². The van der Waals surface area contributed by atoms with E-state index in [1.54, 1.807) is 16.4 Å². The van der Waals surface area contributed by atoms with Gasteiger partial charge in [-0.2, -0.15) is 4.31 Å². The molecule has 1 heterocycles. The largest absolute Gasteiger partial charge is 0.415 e. The molecule has 1 unspecified atom stereocenters. The molecular weight excluding hydrogens is 350 g/mol. The zero-order chi connectivity index (χ0) is 19.2. The minimum absolute atomic E-state index is 0.0241. The Hall–Kier alpha value is -0.693. The molecule has 1 aliphatic heterocycles. The van der Waals surface area contributed by atoms with Crippen LogP contribution in [-0.2, 0) is 14.4 Å². The fourth-order valence-corrected chi connectivity index (χ4v) is 5.80. The normalized spacial score (nSPS) is 24.6. The van der Waals surface area contributed by atoms with Gasteiger partial charge in [-0.05, 0) is 43.1 Å². The van der Waals surface area contributed by atoms with E-state index in [4.69, 9.17) is 4.43 Å². The first-order valence-corrected chi connectivity index (χ1v) is 13.4. The highest BCUT2D eigenvalue weighted by Crippen LogP contribution is 2.43. The Morgan fingerprint density at radius 1 is 1.16 bits per heavy atom. The molecule has 1 aromatic carbocycles. The minimum Gasteiger partial charge on any atom is -0.415 e. The van der Waals surface area contributed by atoms with Gasteiger partial charge in [-0.3, -0.25) is 0 Å². The average Bonchev–Trinajstić information content (AvgIpc) is 3.20. The Morgan fingerprint density at radius 2 is 1.68 bits per heavy atom. The second kappa shape index (κ2) is 6.80. The quantitative estimate of drug-likeness (QED) is 0.540. The van der Waals surface area contributed by atoms with Gasteiger partial charge in [0.25, 0.3) is 0 Å². The molecule has 4 nitrogen and oxygen atoms in total. The van der Waals surface area contributed by atoms with Crippen LogP contribution in [0.2, 0.25) is 18.1 Å². The van der Waals surface area contributed by atoms with Gasteiger partial charge in [-0.25, -0.2) is 8.42 Å². The molecule has 142 valence electrons. The molecule has 0 saturated carbocycles. The first-order chi connectivity index (χ1) is 11.3. The van der Waals surface area contributed by atoms with Crippen molar-refractivity contribution in [2.75, 3.05) is 6.61 Å². The lowest BCUT2D eigenvalue weighted by Crippen LogP contribution is -2.42. The summed E-state index contributed by atoms with van der Waals surface area (Å²) in [7, 11) is -5.35. The molecule has 1 aliphatic rings. The number of hydrogen-bond donors (Lipinski definition) is 0. The van der Waals surface area contributed by atoms with Gasteiger partial charge < -0.3 is 4.43 Å². The second-order valence-corrected chi connectivity index (χ2v) is 15.7. The van der Waals surface area contributed by atoms with E-state index in [1.165, 1.54) is 0 Å². The van der Waals surface area contributed by atoms with E-state index in [-0.39, 0.29) is 23.0 Å². The van der Waals surface area contributed by atoms with Crippen LogP contribution in [-0.4, -0.2) is 39.7 Å². The molecule has 0 spiro atoms. The van der Waals surface area contributed by atoms with E-state index in [0.717, 1.165) is 5.56 Å². The fraction of sp³-hybridized carbons (Fsp3) is 0.684. The first kappa shape index (κ1) is 20.6. The maximum atomic E-state index is 13.0. The molecule has 1 saturated heterocycles. The van der Waals surface area contributed by atoms with Crippen molar-refractivity contribution in [1.29, 1.82) is 0 Å². The number of sulfonamides is 1. The van der Waals surface area contributed by atoms with Crippen molar-refractivity contribution in [2.24, 2.45) is 5.92 Å². The monoisotopic (exact) mass is 383 g/mol. The van der Waals surface area contributed by atoms with E-state index in [1.807, 2.05) is 19.1 Å². The summed E-state index contributed by atoms with van der Waals surface area (Å²) in [6.45, 7) is 17.6. The fourth-order valence-electron chi connectivity index (χ4n) is 2.87. The maximum absolute atomic E-state index is 13.0. The Labute approximate surface area is 154 Å². The standard InChI is InChI=1S/C19H33NO3SSi/c1-14(2)18-17(13-23-25(7,8)19(4,5)6)20(18)24(21,22)16-11-9-15(3)10-12-16/h9-12,14,17-18H,13H2,1-8H3/t17-,18-,20?/m0/s1. The van der Waals surface area contributed by atoms with Crippen molar-refractivity contribution in [3.05, 3.63) is 29.8 Å². The highest BCUT2D eigenvalue weighted by Gasteiger charge is 2.57. The summed E-state index contributed by atoms with van der Waals surface area (Å²) in [5.41, 5.74) is 1.06. The van der Waals surface area contributed by atoms with Gasteiger partial charge in [0, 0.05) is 6.04 Å². The number of aryl methyl sites for hydroxylation is 1. The number of hydrogen-bond acceptors (Lipinski definition) is 3. The van der Waals surface area contributed by atoms with E-state index in [9.17, 15) is 8.42 Å². The molecule has 1 fully saturated rings. The number of nitrogens with zero attached hydrogens (tertiary/aromatic N) is 1. The average molecular weight is 384 g/mol. The molecular formula is C19H33NO3SSi. The number of benzene rings is 1. The lowest BCUT2D eigenvalue weighted by atomic mass is 10.1. The van der Waals surface area contributed by atoms with Crippen LogP contribution in [0.5, 0.6) is 0 Å². The van der Waals surface area contributed by atoms with E-state index >= 15 is 0 Å². The zero-order valence-electron chi connectivity index (χ0n) is 16.8. The van der Waals surface area contributed by atoms with Crippen LogP contribution < -0.4 is 0 Å². The van der Waals surface area contributed by atoms with Gasteiger partial charge in [0.2, 0.25) is 10.0 Å². The van der Waals surface area contributed by atoms with Crippen LogP contribution in [0.3, 0.4) is 0 Å². The van der Waals surface area contributed by atoms with Gasteiger partial charge in [0.05, 0.1) is 17.5 Å². The molecule has 0 N–H and O–H groups in total. The molecule has 1 aromatic rings. The summed E-state index contributed by atoms with van der Waals surface area (Å²) >= 11 is 0. The van der Waals surface area contributed by atoms with Crippen molar-refractivity contribution in [3.63, 3.8) is 0 Å². The molecule has 0 radical (unpaired) electrons. The van der Waals surface area contributed by atoms with Crippen molar-refractivity contribution in [2.45, 2.75) is 76.7 Å². The van der Waals surface area contributed by atoms with Gasteiger partial charge in [-0.15, -0.1) is 0 Å². The van der Waals surface area contributed by atoms with E-state index in [0.29, 0.717) is 11.5 Å². The Bertz CT molecular complexity index is 705. The smallest absolute Gasteiger partial charge is 0.243 e. The van der Waals surface area contributed by atoms with Crippen LogP contribution in [0.15, 0.2) is 29.2 Å². The molecule has 3 atom stereocenters. The molecule has 2 rings (SSSR count). The summed E-state index contributed by atoms with van der Waals surface area (Å²) in [5.74, 6) is 0.272. The summed E-state index contributed by atoms with van der Waals surface area (Å²) in [4.78, 5) is 0.374. The predicted molar refractivity (Wildman–Crippen MR) is 106 cm³/mol. The van der Waals surface area contributed by atoms with Crippen LogP contribution in [0.4, 0.5) is 0 Å². The van der Waals surface area contributed by atoms with Crippen LogP contribution in [0.25, 0.3) is 0 Å². The Morgan fingerprint density at radius 3 is 2.12 bits per heavy atom. The van der Waals surface area contributed by atoms with Crippen LogP contribution in [0.1, 0.15) is 40.2 Å². The van der Waals surface area contributed by atoms with Gasteiger partial charge in [0.1, 0.15) is 0 Å². The molecule has 25 heavy (non-hydrogen) atoms. The molecule has 0 aliphatic carbocycles. The van der Waals surface area contributed by atoms with Crippen molar-refractivity contribution in [3.8, 4) is 0 Å². The van der Waals surface area contributed by atoms with Crippen molar-refractivity contribution in [1.82, 2.24) is 4.31 Å². The van der Waals surface area contributed by atoms with Crippen LogP contribution >= 0.6 is 0 Å². The Kier molecular flexibility index (Phi) is 5.61. The van der Waals surface area contributed by atoms with Gasteiger partial charge in [0.15, 0.2) is 8.32 Å². The highest BCUT2D eigenvalue weighted by atomic mass is 32.2. The summed E-state index contributed by atoms with van der Waals surface area (Å²) < 4.78 is 34.0. The highest BCUT2D eigenvalue weighted by molar-refractivity contribution is 7.89. The summed E-state index contributed by atoms with van der Waals surface area (Å²) in [5, 5.41) is 0.121. The molecule has 0 amide bonds. The van der Waals surface area contributed by atoms with Crippen LogP contribution in [0, 0.1) is 12.8 Å². The Balaban J connectivity index is 2.19. The SMILES string of the molecule is Cc1ccc(S(=O)(=O)N2[C@@H](CO[Si](C)(C)C(C)(C)C)[C@@H]2C(C)C)cc1. The van der Waals surface area contributed by atoms with Crippen molar-refractivity contribution >= 4 is 18.3 Å². The molecule has 0 bridgehead atoms. The van der Waals surface area contributed by atoms with E-state index < -0.39 is 18.3 Å². The van der Waals surface area contributed by atoms with Gasteiger partial charge in [-0.1, -0.05) is 52.3 Å². The predicted octanol–water partition coefficient (Wildman–Crippen LogP) is 4.41. The third kappa shape index (κ3) is 4.18. The maximum Gasteiger partial charge on any atom is 0.243 e. The second-order valence-electron chi connectivity index (χ2n) is 9.02. The first-order valence-electron chi connectivity index (χ1n) is 9.03. The lowest BCUT2D eigenvalue weighted by Gasteiger charge is -2.36. The lowest BCUT2D eigenvalue weighted by molar-refractivity contribution is 0.279. The third-order valence-electron chi connectivity index (χ3n) is 5.63. The third-order valence-corrected chi connectivity index (χ3v) is 12.1. The minimum atomic E-state index is -3.46. The molecule has 0 aromatic heterocycles. The van der Waals surface area contributed by atoms with Gasteiger partial charge >= 0.3 is 0 Å². The molecule has 6 heteroatoms. The van der Waals surface area contributed by atoms with Crippen molar-refractivity contribution < 1.29 is 12.8 Å². The summed E-state index contributed by atoms with van der Waals surface area (Å²) in [6, 6.07) is 7.07. The number of rotatable bonds is 6. The summed E-state index contributed by atoms with van der Waals surface area (Å²) in [6.07, 6.45) is 0.